The highest BCUT2D eigenvalue weighted by Gasteiger charge is 2.17. The second-order valence-corrected chi connectivity index (χ2v) is 4.75. The van der Waals surface area contributed by atoms with Crippen LogP contribution in [-0.4, -0.2) is 16.7 Å². The van der Waals surface area contributed by atoms with Crippen molar-refractivity contribution in [1.29, 1.82) is 0 Å². The minimum absolute atomic E-state index is 0.0652. The van der Waals surface area contributed by atoms with Crippen molar-refractivity contribution >= 4 is 28.2 Å². The molecule has 4 nitrogen and oxygen atoms in total. The van der Waals surface area contributed by atoms with E-state index in [0.717, 1.165) is 25.0 Å². The normalized spacial score (nSPS) is 13.7. The van der Waals surface area contributed by atoms with Crippen LogP contribution in [0.3, 0.4) is 0 Å². The molecule has 0 atom stereocenters. The van der Waals surface area contributed by atoms with Gasteiger partial charge in [-0.2, -0.15) is 0 Å². The molecule has 0 aromatic carbocycles. The molecule has 80 valence electrons. The minimum Gasteiger partial charge on any atom is -0.302 e. The molecule has 0 bridgehead atoms. The zero-order chi connectivity index (χ0) is 10.8. The molecular weight excluding hydrogens is 212 g/mol. The Morgan fingerprint density at radius 3 is 2.93 bits per heavy atom. The van der Waals surface area contributed by atoms with Gasteiger partial charge in [0.1, 0.15) is 5.78 Å². The van der Waals surface area contributed by atoms with Crippen molar-refractivity contribution in [3.05, 3.63) is 10.6 Å². The predicted octanol–water partition coefficient (Wildman–Crippen LogP) is 1.55. The summed E-state index contributed by atoms with van der Waals surface area (Å²) in [7, 11) is 0. The monoisotopic (exact) mass is 224 g/mol. The van der Waals surface area contributed by atoms with Gasteiger partial charge in [-0.15, -0.1) is 11.3 Å². The summed E-state index contributed by atoms with van der Waals surface area (Å²) in [4.78, 5) is 27.6. The maximum atomic E-state index is 11.3. The molecule has 1 aliphatic rings. The van der Waals surface area contributed by atoms with Crippen molar-refractivity contribution in [2.75, 3.05) is 5.32 Å². The second-order valence-electron chi connectivity index (χ2n) is 3.67. The van der Waals surface area contributed by atoms with E-state index in [1.165, 1.54) is 23.1 Å². The van der Waals surface area contributed by atoms with E-state index < -0.39 is 0 Å². The van der Waals surface area contributed by atoms with Gasteiger partial charge in [0.25, 0.3) is 0 Å². The van der Waals surface area contributed by atoms with Gasteiger partial charge in [0.15, 0.2) is 5.13 Å². The van der Waals surface area contributed by atoms with Crippen molar-refractivity contribution in [3.8, 4) is 0 Å². The van der Waals surface area contributed by atoms with Crippen LogP contribution in [0.5, 0.6) is 0 Å². The molecule has 0 fully saturated rings. The average molecular weight is 224 g/mol. The molecule has 0 spiro atoms. The second kappa shape index (κ2) is 4.10. The van der Waals surface area contributed by atoms with Crippen molar-refractivity contribution in [2.45, 2.75) is 32.6 Å². The summed E-state index contributed by atoms with van der Waals surface area (Å²) >= 11 is 1.52. The molecule has 1 aliphatic carbocycles. The highest BCUT2D eigenvalue weighted by Crippen LogP contribution is 2.30. The summed E-state index contributed by atoms with van der Waals surface area (Å²) in [6.45, 7) is 1.40. The van der Waals surface area contributed by atoms with E-state index in [2.05, 4.69) is 10.3 Å². The standard InChI is InChI=1S/C10H12N2O2S/c1-6(13)5-9(14)12-10-11-7-3-2-4-8(7)15-10/h2-5H2,1H3,(H,11,12,14). The van der Waals surface area contributed by atoms with Gasteiger partial charge < -0.3 is 5.32 Å². The lowest BCUT2D eigenvalue weighted by Gasteiger charge is -1.98. The quantitative estimate of drug-likeness (QED) is 0.792. The van der Waals surface area contributed by atoms with Gasteiger partial charge in [-0.1, -0.05) is 0 Å². The van der Waals surface area contributed by atoms with Crippen LogP contribution in [-0.2, 0) is 22.4 Å². The summed E-state index contributed by atoms with van der Waals surface area (Å²) in [6, 6.07) is 0. The summed E-state index contributed by atoms with van der Waals surface area (Å²) in [6.07, 6.45) is 3.17. The lowest BCUT2D eigenvalue weighted by molar-refractivity contribution is -0.124. The number of amides is 1. The lowest BCUT2D eigenvalue weighted by Crippen LogP contribution is -2.14. The number of hydrogen-bond acceptors (Lipinski definition) is 4. The zero-order valence-electron chi connectivity index (χ0n) is 8.50. The Hall–Kier alpha value is -1.23. The Balaban J connectivity index is 1.99. The van der Waals surface area contributed by atoms with Crippen molar-refractivity contribution in [2.24, 2.45) is 0 Å². The van der Waals surface area contributed by atoms with Crippen LogP contribution < -0.4 is 5.32 Å². The molecular formula is C10H12N2O2S. The summed E-state index contributed by atoms with van der Waals surface area (Å²) in [5.74, 6) is -0.397. The largest absolute Gasteiger partial charge is 0.302 e. The first-order valence-electron chi connectivity index (χ1n) is 4.93. The molecule has 15 heavy (non-hydrogen) atoms. The van der Waals surface area contributed by atoms with E-state index in [0.29, 0.717) is 5.13 Å². The molecule has 1 heterocycles. The topological polar surface area (TPSA) is 59.1 Å². The number of nitrogens with zero attached hydrogens (tertiary/aromatic N) is 1. The van der Waals surface area contributed by atoms with Crippen LogP contribution in [0, 0.1) is 0 Å². The van der Waals surface area contributed by atoms with Crippen LogP contribution in [0.25, 0.3) is 0 Å². The number of hydrogen-bond donors (Lipinski definition) is 1. The third kappa shape index (κ3) is 2.41. The van der Waals surface area contributed by atoms with Gasteiger partial charge >= 0.3 is 0 Å². The molecule has 2 rings (SSSR count). The van der Waals surface area contributed by atoms with Crippen LogP contribution in [0.4, 0.5) is 5.13 Å². The van der Waals surface area contributed by atoms with Gasteiger partial charge in [-0.05, 0) is 26.2 Å². The number of nitrogens with one attached hydrogen (secondary N) is 1. The van der Waals surface area contributed by atoms with Crippen LogP contribution in [0.15, 0.2) is 0 Å². The molecule has 0 radical (unpaired) electrons. The highest BCUT2D eigenvalue weighted by atomic mass is 32.1. The molecule has 1 aromatic rings. The Morgan fingerprint density at radius 1 is 1.47 bits per heavy atom. The average Bonchev–Trinajstić information content (AvgIpc) is 2.60. The fourth-order valence-corrected chi connectivity index (χ4v) is 2.70. The first-order valence-corrected chi connectivity index (χ1v) is 5.74. The van der Waals surface area contributed by atoms with E-state index in [1.807, 2.05) is 0 Å². The number of rotatable bonds is 3. The van der Waals surface area contributed by atoms with Crippen LogP contribution in [0.1, 0.15) is 30.3 Å². The van der Waals surface area contributed by atoms with E-state index in [9.17, 15) is 9.59 Å². The maximum Gasteiger partial charge on any atom is 0.233 e. The van der Waals surface area contributed by atoms with Crippen LogP contribution >= 0.6 is 11.3 Å². The number of carbonyl (C=O) groups is 2. The first kappa shape index (κ1) is 10.3. The number of anilines is 1. The number of aromatic nitrogens is 1. The zero-order valence-corrected chi connectivity index (χ0v) is 9.32. The van der Waals surface area contributed by atoms with Crippen molar-refractivity contribution in [3.63, 3.8) is 0 Å². The summed E-state index contributed by atoms with van der Waals surface area (Å²) in [5.41, 5.74) is 1.11. The number of aryl methyl sites for hydroxylation is 2. The Morgan fingerprint density at radius 2 is 2.27 bits per heavy atom. The van der Waals surface area contributed by atoms with E-state index >= 15 is 0 Å². The molecule has 0 saturated carbocycles. The third-order valence-electron chi connectivity index (χ3n) is 2.25. The molecule has 1 amide bonds. The van der Waals surface area contributed by atoms with Crippen molar-refractivity contribution in [1.82, 2.24) is 4.98 Å². The van der Waals surface area contributed by atoms with E-state index in [-0.39, 0.29) is 18.1 Å². The van der Waals surface area contributed by atoms with Gasteiger partial charge in [0, 0.05) is 4.88 Å². The molecule has 0 saturated heterocycles. The number of fused-ring (bicyclic) bond motifs is 1. The Bertz CT molecular complexity index is 390. The smallest absolute Gasteiger partial charge is 0.233 e. The molecule has 1 N–H and O–H groups in total. The third-order valence-corrected chi connectivity index (χ3v) is 3.32. The van der Waals surface area contributed by atoms with Crippen LogP contribution in [0.2, 0.25) is 0 Å². The van der Waals surface area contributed by atoms with Gasteiger partial charge in [0.2, 0.25) is 5.91 Å². The Labute approximate surface area is 91.7 Å². The highest BCUT2D eigenvalue weighted by molar-refractivity contribution is 7.15. The van der Waals surface area contributed by atoms with E-state index in [4.69, 9.17) is 0 Å². The predicted molar refractivity (Wildman–Crippen MR) is 58.1 cm³/mol. The van der Waals surface area contributed by atoms with Crippen molar-refractivity contribution < 1.29 is 9.59 Å². The van der Waals surface area contributed by atoms with E-state index in [1.54, 1.807) is 0 Å². The lowest BCUT2D eigenvalue weighted by atomic mass is 10.3. The SMILES string of the molecule is CC(=O)CC(=O)Nc1nc2c(s1)CCC2. The summed E-state index contributed by atoms with van der Waals surface area (Å²) in [5, 5.41) is 3.28. The molecule has 5 heteroatoms. The fourth-order valence-electron chi connectivity index (χ4n) is 1.63. The van der Waals surface area contributed by atoms with Gasteiger partial charge in [0.05, 0.1) is 12.1 Å². The maximum absolute atomic E-state index is 11.3. The Kier molecular flexibility index (Phi) is 2.81. The summed E-state index contributed by atoms with van der Waals surface area (Å²) < 4.78 is 0. The molecule has 1 aromatic heterocycles. The number of Topliss-reactive ketones (excluding diaryl/α,β-unsaturated/α-hetero) is 1. The number of thiazole rings is 1. The minimum atomic E-state index is -0.269. The molecule has 0 aliphatic heterocycles. The fraction of sp³-hybridized carbons (Fsp3) is 0.500. The first-order chi connectivity index (χ1) is 7.15. The number of carbonyl (C=O) groups excluding carboxylic acids is 2. The number of ketones is 1. The van der Waals surface area contributed by atoms with Gasteiger partial charge in [-0.3, -0.25) is 9.59 Å². The van der Waals surface area contributed by atoms with Gasteiger partial charge in [-0.25, -0.2) is 4.98 Å². The molecule has 0 unspecified atom stereocenters.